The van der Waals surface area contributed by atoms with E-state index in [2.05, 4.69) is 41.5 Å². The zero-order chi connectivity index (χ0) is 37.8. The molecule has 0 saturated heterocycles. The van der Waals surface area contributed by atoms with E-state index in [1.165, 1.54) is 116 Å². The number of hydrogen-bond donors (Lipinski definition) is 0. The molecule has 6 heteroatoms. The number of carbonyl (C=O) groups excluding carboxylic acids is 3. The van der Waals surface area contributed by atoms with Crippen LogP contribution in [0.4, 0.5) is 0 Å². The molecular formula is C45H86O6. The topological polar surface area (TPSA) is 78.9 Å². The highest BCUT2D eigenvalue weighted by molar-refractivity contribution is 5.71. The molecule has 0 aromatic carbocycles. The Hall–Kier alpha value is -1.59. The van der Waals surface area contributed by atoms with E-state index in [9.17, 15) is 14.4 Å². The second-order valence-electron chi connectivity index (χ2n) is 16.5. The van der Waals surface area contributed by atoms with E-state index < -0.39 is 6.10 Å². The molecular weight excluding hydrogens is 636 g/mol. The maximum atomic E-state index is 12.7. The zero-order valence-corrected chi connectivity index (χ0v) is 34.9. The fourth-order valence-electron chi connectivity index (χ4n) is 6.49. The van der Waals surface area contributed by atoms with Crippen molar-refractivity contribution < 1.29 is 28.6 Å². The molecule has 0 radical (unpaired) electrons. The highest BCUT2D eigenvalue weighted by atomic mass is 16.6. The summed E-state index contributed by atoms with van der Waals surface area (Å²) < 4.78 is 16.7. The Morgan fingerprint density at radius 2 is 0.686 bits per heavy atom. The Morgan fingerprint density at radius 1 is 0.392 bits per heavy atom. The summed E-state index contributed by atoms with van der Waals surface area (Å²) in [7, 11) is 0. The zero-order valence-electron chi connectivity index (χ0n) is 34.9. The van der Waals surface area contributed by atoms with Crippen LogP contribution in [0.25, 0.3) is 0 Å². The molecule has 0 aliphatic carbocycles. The molecule has 51 heavy (non-hydrogen) atoms. The first kappa shape index (κ1) is 49.4. The summed E-state index contributed by atoms with van der Waals surface area (Å²) in [5, 5.41) is 0. The van der Waals surface area contributed by atoms with Gasteiger partial charge < -0.3 is 14.2 Å². The normalized spacial score (nSPS) is 12.7. The van der Waals surface area contributed by atoms with Gasteiger partial charge in [0.2, 0.25) is 0 Å². The molecule has 0 aliphatic heterocycles. The lowest BCUT2D eigenvalue weighted by molar-refractivity contribution is -0.167. The van der Waals surface area contributed by atoms with Crippen LogP contribution in [0.2, 0.25) is 0 Å². The first-order valence-corrected chi connectivity index (χ1v) is 22.1. The van der Waals surface area contributed by atoms with Gasteiger partial charge in [-0.15, -0.1) is 0 Å². The maximum Gasteiger partial charge on any atom is 0.306 e. The monoisotopic (exact) mass is 723 g/mol. The van der Waals surface area contributed by atoms with Crippen molar-refractivity contribution in [3.63, 3.8) is 0 Å². The molecule has 1 unspecified atom stereocenters. The van der Waals surface area contributed by atoms with Gasteiger partial charge in [0, 0.05) is 19.3 Å². The SMILES string of the molecule is CCC(C)CCCCCCCCC(=O)OC[C@@H](COC(=O)CCCCCCCCCC(C)C)OC(=O)CCCCCCCCCCCCC(C)C. The van der Waals surface area contributed by atoms with E-state index in [0.717, 1.165) is 75.5 Å². The molecule has 0 aromatic rings. The Kier molecular flexibility index (Phi) is 35.6. The summed E-state index contributed by atoms with van der Waals surface area (Å²) >= 11 is 0. The summed E-state index contributed by atoms with van der Waals surface area (Å²) in [5.74, 6) is 1.54. The quantitative estimate of drug-likeness (QED) is 0.0359. The van der Waals surface area contributed by atoms with E-state index >= 15 is 0 Å². The molecule has 0 N–H and O–H groups in total. The van der Waals surface area contributed by atoms with E-state index in [1.54, 1.807) is 0 Å². The van der Waals surface area contributed by atoms with E-state index in [4.69, 9.17) is 14.2 Å². The van der Waals surface area contributed by atoms with E-state index in [1.807, 2.05) is 0 Å². The third kappa shape index (κ3) is 38.0. The summed E-state index contributed by atoms with van der Waals surface area (Å²) in [6.45, 7) is 13.6. The number of esters is 3. The van der Waals surface area contributed by atoms with Gasteiger partial charge in [-0.05, 0) is 37.0 Å². The van der Waals surface area contributed by atoms with Crippen molar-refractivity contribution in [1.29, 1.82) is 0 Å². The summed E-state index contributed by atoms with van der Waals surface area (Å²) in [6, 6.07) is 0. The van der Waals surface area contributed by atoms with Gasteiger partial charge in [-0.3, -0.25) is 14.4 Å². The minimum absolute atomic E-state index is 0.0676. The van der Waals surface area contributed by atoms with Crippen molar-refractivity contribution >= 4 is 17.9 Å². The molecule has 302 valence electrons. The van der Waals surface area contributed by atoms with Gasteiger partial charge in [0.25, 0.3) is 0 Å². The lowest BCUT2D eigenvalue weighted by atomic mass is 10.00. The Bertz CT molecular complexity index is 794. The van der Waals surface area contributed by atoms with Gasteiger partial charge in [-0.1, -0.05) is 196 Å². The largest absolute Gasteiger partial charge is 0.462 e. The van der Waals surface area contributed by atoms with Crippen LogP contribution in [0.15, 0.2) is 0 Å². The van der Waals surface area contributed by atoms with Crippen molar-refractivity contribution in [3.05, 3.63) is 0 Å². The summed E-state index contributed by atoms with van der Waals surface area (Å²) in [5.41, 5.74) is 0. The van der Waals surface area contributed by atoms with Crippen LogP contribution < -0.4 is 0 Å². The van der Waals surface area contributed by atoms with Crippen LogP contribution >= 0.6 is 0 Å². The highest BCUT2D eigenvalue weighted by Crippen LogP contribution is 2.17. The van der Waals surface area contributed by atoms with Gasteiger partial charge in [-0.2, -0.15) is 0 Å². The van der Waals surface area contributed by atoms with Gasteiger partial charge >= 0.3 is 17.9 Å². The molecule has 0 saturated carbocycles. The predicted octanol–water partition coefficient (Wildman–Crippen LogP) is 13.7. The van der Waals surface area contributed by atoms with Gasteiger partial charge in [0.15, 0.2) is 6.10 Å². The Morgan fingerprint density at radius 3 is 1.02 bits per heavy atom. The molecule has 0 amide bonds. The van der Waals surface area contributed by atoms with Crippen LogP contribution in [0, 0.1) is 17.8 Å². The molecule has 0 rings (SSSR count). The predicted molar refractivity (Wildman–Crippen MR) is 215 cm³/mol. The smallest absolute Gasteiger partial charge is 0.306 e. The highest BCUT2D eigenvalue weighted by Gasteiger charge is 2.19. The molecule has 0 heterocycles. The van der Waals surface area contributed by atoms with Gasteiger partial charge in [-0.25, -0.2) is 0 Å². The number of ether oxygens (including phenoxy) is 3. The lowest BCUT2D eigenvalue weighted by Crippen LogP contribution is -2.30. The van der Waals surface area contributed by atoms with Crippen LogP contribution in [0.5, 0.6) is 0 Å². The fraction of sp³-hybridized carbons (Fsp3) is 0.933. The van der Waals surface area contributed by atoms with Gasteiger partial charge in [0.05, 0.1) is 0 Å². The molecule has 0 fully saturated rings. The van der Waals surface area contributed by atoms with Crippen molar-refractivity contribution in [2.75, 3.05) is 13.2 Å². The van der Waals surface area contributed by atoms with Crippen molar-refractivity contribution in [2.45, 2.75) is 240 Å². The average Bonchev–Trinajstić information content (AvgIpc) is 3.09. The second kappa shape index (κ2) is 36.8. The third-order valence-electron chi connectivity index (χ3n) is 10.3. The maximum absolute atomic E-state index is 12.7. The molecule has 6 nitrogen and oxygen atoms in total. The van der Waals surface area contributed by atoms with Crippen LogP contribution in [-0.4, -0.2) is 37.2 Å². The van der Waals surface area contributed by atoms with Crippen LogP contribution in [-0.2, 0) is 28.6 Å². The standard InChI is InChI=1S/C45H86O6/c1-7-41(6)33-27-21-17-18-23-29-35-44(47)50-38-42(37-49-43(46)34-28-22-16-12-14-20-26-32-40(4)5)51-45(48)36-30-24-15-11-9-8-10-13-19-25-31-39(2)3/h39-42H,7-38H2,1-6H3/t41?,42-/m1/s1. The molecule has 0 spiro atoms. The van der Waals surface area contributed by atoms with E-state index in [-0.39, 0.29) is 31.1 Å². The fourth-order valence-corrected chi connectivity index (χ4v) is 6.49. The molecule has 0 aromatic heterocycles. The Balaban J connectivity index is 4.36. The third-order valence-corrected chi connectivity index (χ3v) is 10.3. The van der Waals surface area contributed by atoms with Crippen molar-refractivity contribution in [1.82, 2.24) is 0 Å². The number of unbranched alkanes of at least 4 members (excludes halogenated alkanes) is 20. The lowest BCUT2D eigenvalue weighted by Gasteiger charge is -2.18. The van der Waals surface area contributed by atoms with Crippen molar-refractivity contribution in [3.8, 4) is 0 Å². The van der Waals surface area contributed by atoms with Crippen LogP contribution in [0.3, 0.4) is 0 Å². The first-order chi connectivity index (χ1) is 24.6. The average molecular weight is 723 g/mol. The van der Waals surface area contributed by atoms with E-state index in [0.29, 0.717) is 19.3 Å². The van der Waals surface area contributed by atoms with Crippen LogP contribution in [0.1, 0.15) is 234 Å². The van der Waals surface area contributed by atoms with Gasteiger partial charge in [0.1, 0.15) is 13.2 Å². The molecule has 0 aliphatic rings. The number of rotatable bonds is 38. The summed E-state index contributed by atoms with van der Waals surface area (Å²) in [6.07, 6.45) is 32.4. The minimum Gasteiger partial charge on any atom is -0.462 e. The molecule has 2 atom stereocenters. The number of hydrogen-bond acceptors (Lipinski definition) is 6. The second-order valence-corrected chi connectivity index (χ2v) is 16.5. The summed E-state index contributed by atoms with van der Waals surface area (Å²) in [4.78, 5) is 37.6. The minimum atomic E-state index is -0.762. The Labute approximate surface area is 317 Å². The molecule has 0 bridgehead atoms. The van der Waals surface area contributed by atoms with Crippen molar-refractivity contribution in [2.24, 2.45) is 17.8 Å². The number of carbonyl (C=O) groups is 3. The first-order valence-electron chi connectivity index (χ1n) is 22.1.